The van der Waals surface area contributed by atoms with E-state index in [0.717, 1.165) is 11.8 Å². The molecule has 0 spiro atoms. The Hall–Kier alpha value is -3.33. The molecule has 1 aromatic heterocycles. The minimum absolute atomic E-state index is 0.0742. The zero-order valence-corrected chi connectivity index (χ0v) is 16.5. The van der Waals surface area contributed by atoms with Crippen molar-refractivity contribution in [3.05, 3.63) is 66.1 Å². The van der Waals surface area contributed by atoms with Crippen LogP contribution in [0.25, 0.3) is 0 Å². The molecule has 8 nitrogen and oxygen atoms in total. The molecule has 29 heavy (non-hydrogen) atoms. The molecule has 0 unspecified atom stereocenters. The zero-order valence-electron chi connectivity index (χ0n) is 15.7. The number of ether oxygens (including phenoxy) is 2. The van der Waals surface area contributed by atoms with Gasteiger partial charge in [-0.15, -0.1) is 10.2 Å². The molecule has 0 aliphatic carbocycles. The summed E-state index contributed by atoms with van der Waals surface area (Å²) in [5.41, 5.74) is 0.876. The van der Waals surface area contributed by atoms with Gasteiger partial charge < -0.3 is 19.2 Å². The molecule has 0 bridgehead atoms. The molecule has 0 atom stereocenters. The van der Waals surface area contributed by atoms with E-state index in [1.807, 2.05) is 30.3 Å². The lowest BCUT2D eigenvalue weighted by atomic mass is 10.2. The molecular weight excluding hydrogens is 394 g/mol. The fourth-order valence-electron chi connectivity index (χ4n) is 2.28. The molecule has 2 aromatic carbocycles. The standard InChI is InChI=1S/C20H19N3O5S/c1-2-26-19(25)14-7-6-8-15(11-14)21-17(24)13-29-20-23-22-18(28-20)12-27-16-9-4-3-5-10-16/h3-11H,2,12-13H2,1H3,(H,21,24). The predicted molar refractivity (Wildman–Crippen MR) is 107 cm³/mol. The molecular formula is C20H19N3O5S. The number of aromatic nitrogens is 2. The third-order valence-corrected chi connectivity index (χ3v) is 4.36. The third kappa shape index (κ3) is 6.35. The highest BCUT2D eigenvalue weighted by Crippen LogP contribution is 2.18. The molecule has 1 heterocycles. The van der Waals surface area contributed by atoms with E-state index in [0.29, 0.717) is 22.9 Å². The molecule has 0 radical (unpaired) electrons. The maximum atomic E-state index is 12.1. The van der Waals surface area contributed by atoms with Crippen molar-refractivity contribution < 1.29 is 23.5 Å². The highest BCUT2D eigenvalue weighted by atomic mass is 32.2. The summed E-state index contributed by atoms with van der Waals surface area (Å²) in [6, 6.07) is 15.8. The Balaban J connectivity index is 1.47. The second-order valence-corrected chi connectivity index (χ2v) is 6.63. The van der Waals surface area contributed by atoms with E-state index in [-0.39, 0.29) is 30.1 Å². The number of amides is 1. The first kappa shape index (κ1) is 20.4. The maximum absolute atomic E-state index is 12.1. The topological polar surface area (TPSA) is 104 Å². The van der Waals surface area contributed by atoms with Gasteiger partial charge in [-0.1, -0.05) is 36.0 Å². The van der Waals surface area contributed by atoms with Crippen LogP contribution in [0.1, 0.15) is 23.2 Å². The van der Waals surface area contributed by atoms with Crippen LogP contribution in [-0.4, -0.2) is 34.4 Å². The number of hydrogen-bond donors (Lipinski definition) is 1. The molecule has 0 saturated heterocycles. The van der Waals surface area contributed by atoms with Crippen LogP contribution in [0.5, 0.6) is 5.75 Å². The van der Waals surface area contributed by atoms with E-state index in [1.54, 1.807) is 31.2 Å². The highest BCUT2D eigenvalue weighted by molar-refractivity contribution is 7.99. The van der Waals surface area contributed by atoms with E-state index in [9.17, 15) is 9.59 Å². The Kier molecular flexibility index (Phi) is 7.23. The summed E-state index contributed by atoms with van der Waals surface area (Å²) < 4.78 is 15.9. The van der Waals surface area contributed by atoms with Crippen LogP contribution in [0, 0.1) is 0 Å². The average molecular weight is 413 g/mol. The molecule has 3 aromatic rings. The number of carbonyl (C=O) groups excluding carboxylic acids is 2. The molecule has 0 fully saturated rings. The Morgan fingerprint density at radius 3 is 2.72 bits per heavy atom. The van der Waals surface area contributed by atoms with E-state index < -0.39 is 5.97 Å². The molecule has 1 N–H and O–H groups in total. The summed E-state index contributed by atoms with van der Waals surface area (Å²) in [6.07, 6.45) is 0. The number of nitrogens with zero attached hydrogens (tertiary/aromatic N) is 2. The number of hydrogen-bond acceptors (Lipinski definition) is 8. The smallest absolute Gasteiger partial charge is 0.338 e. The van der Waals surface area contributed by atoms with Crippen molar-refractivity contribution in [3.8, 4) is 5.75 Å². The van der Waals surface area contributed by atoms with Crippen LogP contribution < -0.4 is 10.1 Å². The number of rotatable bonds is 9. The summed E-state index contributed by atoms with van der Waals surface area (Å²) in [6.45, 7) is 2.16. The van der Waals surface area contributed by atoms with Gasteiger partial charge in [0.25, 0.3) is 11.1 Å². The molecule has 0 aliphatic heterocycles. The second-order valence-electron chi connectivity index (χ2n) is 5.70. The normalized spacial score (nSPS) is 10.4. The van der Waals surface area contributed by atoms with Gasteiger partial charge in [0.2, 0.25) is 5.91 Å². The Bertz CT molecular complexity index is 962. The van der Waals surface area contributed by atoms with Crippen molar-refractivity contribution in [2.45, 2.75) is 18.8 Å². The van der Waals surface area contributed by atoms with Crippen molar-refractivity contribution in [1.82, 2.24) is 10.2 Å². The minimum Gasteiger partial charge on any atom is -0.484 e. The van der Waals surface area contributed by atoms with E-state index in [2.05, 4.69) is 15.5 Å². The van der Waals surface area contributed by atoms with E-state index >= 15 is 0 Å². The lowest BCUT2D eigenvalue weighted by molar-refractivity contribution is -0.113. The zero-order chi connectivity index (χ0) is 20.5. The van der Waals surface area contributed by atoms with Gasteiger partial charge in [-0.25, -0.2) is 4.79 Å². The summed E-state index contributed by atoms with van der Waals surface area (Å²) >= 11 is 1.11. The molecule has 0 saturated carbocycles. The number of thioether (sulfide) groups is 1. The monoisotopic (exact) mass is 413 g/mol. The third-order valence-electron chi connectivity index (χ3n) is 3.54. The Morgan fingerprint density at radius 2 is 1.93 bits per heavy atom. The predicted octanol–water partition coefficient (Wildman–Crippen LogP) is 3.56. The first-order valence-electron chi connectivity index (χ1n) is 8.84. The van der Waals surface area contributed by atoms with Crippen molar-refractivity contribution in [1.29, 1.82) is 0 Å². The van der Waals surface area contributed by atoms with Crippen molar-refractivity contribution in [2.24, 2.45) is 0 Å². The summed E-state index contributed by atoms with van der Waals surface area (Å²) in [5, 5.41) is 10.8. The summed E-state index contributed by atoms with van der Waals surface area (Å²) in [5.74, 6) is 0.388. The van der Waals surface area contributed by atoms with Gasteiger partial charge in [-0.2, -0.15) is 0 Å². The van der Waals surface area contributed by atoms with Crippen LogP contribution in [0.4, 0.5) is 5.69 Å². The molecule has 9 heteroatoms. The number of anilines is 1. The average Bonchev–Trinajstić information content (AvgIpc) is 3.20. The fraction of sp³-hybridized carbons (Fsp3) is 0.200. The highest BCUT2D eigenvalue weighted by Gasteiger charge is 2.12. The SMILES string of the molecule is CCOC(=O)c1cccc(NC(=O)CSc2nnc(COc3ccccc3)o2)c1. The number of para-hydroxylation sites is 1. The van der Waals surface area contributed by atoms with Crippen molar-refractivity contribution in [3.63, 3.8) is 0 Å². The maximum Gasteiger partial charge on any atom is 0.338 e. The van der Waals surface area contributed by atoms with Crippen LogP contribution in [-0.2, 0) is 16.1 Å². The van der Waals surface area contributed by atoms with Gasteiger partial charge in [-0.3, -0.25) is 4.79 Å². The van der Waals surface area contributed by atoms with Gasteiger partial charge in [0, 0.05) is 5.69 Å². The second kappa shape index (κ2) is 10.3. The minimum atomic E-state index is -0.436. The van der Waals surface area contributed by atoms with Gasteiger partial charge in [0.15, 0.2) is 6.61 Å². The first-order valence-corrected chi connectivity index (χ1v) is 9.82. The number of nitrogens with one attached hydrogen (secondary N) is 1. The first-order chi connectivity index (χ1) is 14.1. The Morgan fingerprint density at radius 1 is 1.10 bits per heavy atom. The van der Waals surface area contributed by atoms with Crippen LogP contribution >= 0.6 is 11.8 Å². The van der Waals surface area contributed by atoms with Gasteiger partial charge >= 0.3 is 5.97 Å². The number of esters is 1. The van der Waals surface area contributed by atoms with Gasteiger partial charge in [0.05, 0.1) is 17.9 Å². The molecule has 0 aliphatic rings. The van der Waals surface area contributed by atoms with Gasteiger partial charge in [0.1, 0.15) is 5.75 Å². The largest absolute Gasteiger partial charge is 0.484 e. The lowest BCUT2D eigenvalue weighted by Gasteiger charge is -2.06. The van der Waals surface area contributed by atoms with Crippen LogP contribution in [0.3, 0.4) is 0 Å². The van der Waals surface area contributed by atoms with E-state index in [4.69, 9.17) is 13.9 Å². The van der Waals surface area contributed by atoms with Crippen LogP contribution in [0.15, 0.2) is 64.2 Å². The number of benzene rings is 2. The molecule has 150 valence electrons. The van der Waals surface area contributed by atoms with E-state index in [1.165, 1.54) is 0 Å². The Labute approximate surface area is 171 Å². The fourth-order valence-corrected chi connectivity index (χ4v) is 2.86. The molecule has 3 rings (SSSR count). The van der Waals surface area contributed by atoms with Crippen molar-refractivity contribution in [2.75, 3.05) is 17.7 Å². The quantitative estimate of drug-likeness (QED) is 0.420. The lowest BCUT2D eigenvalue weighted by Crippen LogP contribution is -2.14. The van der Waals surface area contributed by atoms with Crippen molar-refractivity contribution >= 4 is 29.3 Å². The summed E-state index contributed by atoms with van der Waals surface area (Å²) in [7, 11) is 0. The molecule has 1 amide bonds. The van der Waals surface area contributed by atoms with Gasteiger partial charge in [-0.05, 0) is 37.3 Å². The summed E-state index contributed by atoms with van der Waals surface area (Å²) in [4.78, 5) is 23.9. The number of carbonyl (C=O) groups is 2. The van der Waals surface area contributed by atoms with Crippen LogP contribution in [0.2, 0.25) is 0 Å².